The van der Waals surface area contributed by atoms with Gasteiger partial charge in [-0.1, -0.05) is 55.8 Å². The van der Waals surface area contributed by atoms with Crippen LogP contribution in [0.3, 0.4) is 0 Å². The van der Waals surface area contributed by atoms with E-state index in [4.69, 9.17) is 21.1 Å². The lowest BCUT2D eigenvalue weighted by Crippen LogP contribution is -2.27. The van der Waals surface area contributed by atoms with E-state index in [-0.39, 0.29) is 17.6 Å². The van der Waals surface area contributed by atoms with Crippen LogP contribution in [0.1, 0.15) is 45.9 Å². The number of Topliss-reactive ketones (excluding diaryl/α,β-unsaturated/α-hetero) is 1. The molecule has 2 aromatic carbocycles. The Kier molecular flexibility index (Phi) is 6.17. The number of carbonyl (C=O) groups excluding carboxylic acids is 2. The molecule has 0 saturated heterocycles. The number of hydrogen-bond acceptors (Lipinski definition) is 5. The van der Waals surface area contributed by atoms with Crippen molar-refractivity contribution in [1.82, 2.24) is 0 Å². The Labute approximate surface area is 190 Å². The third kappa shape index (κ3) is 5.00. The van der Waals surface area contributed by atoms with Gasteiger partial charge in [0.15, 0.2) is 5.78 Å². The molecule has 31 heavy (non-hydrogen) atoms. The number of para-hydroxylation sites is 2. The first kappa shape index (κ1) is 21.6. The monoisotopic (exact) mass is 454 g/mol. The van der Waals surface area contributed by atoms with Crippen molar-refractivity contribution in [1.29, 1.82) is 0 Å². The van der Waals surface area contributed by atoms with E-state index in [2.05, 4.69) is 13.8 Å². The van der Waals surface area contributed by atoms with Crippen LogP contribution in [0.25, 0.3) is 0 Å². The Morgan fingerprint density at radius 3 is 2.52 bits per heavy atom. The smallest absolute Gasteiger partial charge is 0.315 e. The second kappa shape index (κ2) is 8.85. The average Bonchev–Trinajstić information content (AvgIpc) is 3.05. The van der Waals surface area contributed by atoms with E-state index in [1.54, 1.807) is 35.6 Å². The number of esters is 1. The van der Waals surface area contributed by atoms with Crippen LogP contribution in [0.4, 0.5) is 0 Å². The van der Waals surface area contributed by atoms with Gasteiger partial charge in [-0.25, -0.2) is 0 Å². The Bertz CT molecular complexity index is 1120. The summed E-state index contributed by atoms with van der Waals surface area (Å²) >= 11 is 7.68. The molecule has 0 saturated carbocycles. The molecule has 0 aliphatic heterocycles. The summed E-state index contributed by atoms with van der Waals surface area (Å²) in [6.45, 7) is 4.49. The molecule has 0 spiro atoms. The van der Waals surface area contributed by atoms with Gasteiger partial charge in [0.05, 0.1) is 11.4 Å². The van der Waals surface area contributed by atoms with Crippen LogP contribution >= 0.6 is 22.9 Å². The highest BCUT2D eigenvalue weighted by molar-refractivity contribution is 7.12. The molecule has 4 nitrogen and oxygen atoms in total. The maximum absolute atomic E-state index is 13.0. The topological polar surface area (TPSA) is 52.6 Å². The Balaban J connectivity index is 1.62. The highest BCUT2D eigenvalue weighted by Gasteiger charge is 2.36. The number of carbonyl (C=O) groups is 2. The summed E-state index contributed by atoms with van der Waals surface area (Å²) in [5, 5.41) is 0.369. The standard InChI is InChI=1S/C25H23ClO4S/c1-25(2)13-19(27)24-17(12-23(28)30-20-11-7-6-10-18(20)26)22(31-21(24)14-25)15-29-16-8-4-3-5-9-16/h3-11H,12-15H2,1-2H3. The SMILES string of the molecule is CC1(C)CC(=O)c2c(sc(COc3ccccc3)c2CC(=O)Oc2ccccc2Cl)C1. The minimum atomic E-state index is -0.452. The van der Waals surface area contributed by atoms with Gasteiger partial charge in [0.25, 0.3) is 0 Å². The van der Waals surface area contributed by atoms with E-state index < -0.39 is 5.97 Å². The highest BCUT2D eigenvalue weighted by atomic mass is 35.5. The number of thiophene rings is 1. The van der Waals surface area contributed by atoms with Crippen LogP contribution in [-0.2, 0) is 24.2 Å². The van der Waals surface area contributed by atoms with Crippen molar-refractivity contribution in [2.75, 3.05) is 0 Å². The zero-order valence-electron chi connectivity index (χ0n) is 17.4. The summed E-state index contributed by atoms with van der Waals surface area (Å²) < 4.78 is 11.4. The van der Waals surface area contributed by atoms with E-state index in [1.165, 1.54) is 0 Å². The lowest BCUT2D eigenvalue weighted by Gasteiger charge is -2.28. The molecule has 1 aromatic heterocycles. The molecule has 1 aliphatic rings. The van der Waals surface area contributed by atoms with Crippen molar-refractivity contribution in [2.45, 2.75) is 39.7 Å². The van der Waals surface area contributed by atoms with Crippen molar-refractivity contribution in [3.05, 3.63) is 80.5 Å². The highest BCUT2D eigenvalue weighted by Crippen LogP contribution is 2.42. The number of ether oxygens (including phenoxy) is 2. The zero-order valence-corrected chi connectivity index (χ0v) is 19.0. The fourth-order valence-electron chi connectivity index (χ4n) is 3.84. The lowest BCUT2D eigenvalue weighted by molar-refractivity contribution is -0.133. The van der Waals surface area contributed by atoms with Crippen molar-refractivity contribution in [3.63, 3.8) is 0 Å². The fourth-order valence-corrected chi connectivity index (χ4v) is 5.53. The minimum absolute atomic E-state index is 0.00327. The van der Waals surface area contributed by atoms with E-state index in [1.807, 2.05) is 30.3 Å². The second-order valence-electron chi connectivity index (χ2n) is 8.43. The van der Waals surface area contributed by atoms with Gasteiger partial charge in [-0.2, -0.15) is 0 Å². The number of ketones is 1. The van der Waals surface area contributed by atoms with Gasteiger partial charge >= 0.3 is 5.97 Å². The third-order valence-electron chi connectivity index (χ3n) is 5.22. The first-order valence-electron chi connectivity index (χ1n) is 10.1. The van der Waals surface area contributed by atoms with Crippen LogP contribution < -0.4 is 9.47 Å². The van der Waals surface area contributed by atoms with Gasteiger partial charge in [0, 0.05) is 21.7 Å². The molecule has 3 aromatic rings. The molecule has 0 fully saturated rings. The van der Waals surface area contributed by atoms with Crippen molar-refractivity contribution in [2.24, 2.45) is 5.41 Å². The summed E-state index contributed by atoms with van der Waals surface area (Å²) in [7, 11) is 0. The average molecular weight is 455 g/mol. The molecule has 0 bridgehead atoms. The van der Waals surface area contributed by atoms with Crippen molar-refractivity contribution < 1.29 is 19.1 Å². The van der Waals surface area contributed by atoms with Gasteiger partial charge in [-0.05, 0) is 41.7 Å². The fraction of sp³-hybridized carbons (Fsp3) is 0.280. The maximum Gasteiger partial charge on any atom is 0.315 e. The number of benzene rings is 2. The van der Waals surface area contributed by atoms with Crippen LogP contribution in [0, 0.1) is 5.41 Å². The lowest BCUT2D eigenvalue weighted by atomic mass is 9.76. The van der Waals surface area contributed by atoms with E-state index in [0.29, 0.717) is 34.9 Å². The number of hydrogen-bond donors (Lipinski definition) is 0. The van der Waals surface area contributed by atoms with Gasteiger partial charge in [-0.3, -0.25) is 9.59 Å². The van der Waals surface area contributed by atoms with Crippen LogP contribution in [0.5, 0.6) is 11.5 Å². The molecule has 0 N–H and O–H groups in total. The quantitative estimate of drug-likeness (QED) is 0.324. The predicted octanol–water partition coefficient (Wildman–Crippen LogP) is 6.28. The Morgan fingerprint density at radius 2 is 1.77 bits per heavy atom. The predicted molar refractivity (Wildman–Crippen MR) is 122 cm³/mol. The van der Waals surface area contributed by atoms with Crippen molar-refractivity contribution in [3.8, 4) is 11.5 Å². The Morgan fingerprint density at radius 1 is 1.06 bits per heavy atom. The van der Waals surface area contributed by atoms with Gasteiger partial charge in [-0.15, -0.1) is 11.3 Å². The normalized spacial score (nSPS) is 14.7. The number of fused-ring (bicyclic) bond motifs is 1. The van der Waals surface area contributed by atoms with E-state index >= 15 is 0 Å². The largest absolute Gasteiger partial charge is 0.488 e. The van der Waals surface area contributed by atoms with Gasteiger partial charge < -0.3 is 9.47 Å². The molecule has 1 aliphatic carbocycles. The summed E-state index contributed by atoms with van der Waals surface area (Å²) in [5.41, 5.74) is 1.29. The maximum atomic E-state index is 13.0. The second-order valence-corrected chi connectivity index (χ2v) is 10.0. The van der Waals surface area contributed by atoms with Crippen LogP contribution in [0.2, 0.25) is 5.02 Å². The van der Waals surface area contributed by atoms with Gasteiger partial charge in [0.1, 0.15) is 18.1 Å². The molecular weight excluding hydrogens is 432 g/mol. The third-order valence-corrected chi connectivity index (χ3v) is 6.73. The van der Waals surface area contributed by atoms with E-state index in [0.717, 1.165) is 21.9 Å². The minimum Gasteiger partial charge on any atom is -0.488 e. The molecule has 160 valence electrons. The van der Waals surface area contributed by atoms with Gasteiger partial charge in [0.2, 0.25) is 0 Å². The first-order chi connectivity index (χ1) is 14.8. The molecule has 1 heterocycles. The summed E-state index contributed by atoms with van der Waals surface area (Å²) in [6, 6.07) is 16.3. The molecule has 6 heteroatoms. The number of halogens is 1. The van der Waals surface area contributed by atoms with Crippen LogP contribution in [0.15, 0.2) is 54.6 Å². The molecule has 0 atom stereocenters. The number of rotatable bonds is 6. The van der Waals surface area contributed by atoms with E-state index in [9.17, 15) is 9.59 Å². The first-order valence-corrected chi connectivity index (χ1v) is 11.3. The molecule has 0 radical (unpaired) electrons. The zero-order chi connectivity index (χ0) is 22.0. The van der Waals surface area contributed by atoms with Crippen molar-refractivity contribution >= 4 is 34.7 Å². The molecule has 4 rings (SSSR count). The summed E-state index contributed by atoms with van der Waals surface area (Å²) in [4.78, 5) is 27.7. The Hall–Kier alpha value is -2.63. The summed E-state index contributed by atoms with van der Waals surface area (Å²) in [5.74, 6) is 0.680. The summed E-state index contributed by atoms with van der Waals surface area (Å²) in [6.07, 6.45) is 1.26. The molecular formula is C25H23ClO4S. The molecule has 0 unspecified atom stereocenters. The molecule has 0 amide bonds. The van der Waals surface area contributed by atoms with Crippen LogP contribution in [-0.4, -0.2) is 11.8 Å².